The highest BCUT2D eigenvalue weighted by Crippen LogP contribution is 2.36. The van der Waals surface area contributed by atoms with Crippen LogP contribution in [0.2, 0.25) is 0 Å². The first-order chi connectivity index (χ1) is 12.5. The van der Waals surface area contributed by atoms with Gasteiger partial charge >= 0.3 is 6.09 Å². The summed E-state index contributed by atoms with van der Waals surface area (Å²) in [6.45, 7) is 0.566. The first-order valence-electron chi connectivity index (χ1n) is 8.61. The molecule has 6 nitrogen and oxygen atoms in total. The molecule has 3 rings (SSSR count). The van der Waals surface area contributed by atoms with Gasteiger partial charge in [-0.2, -0.15) is 0 Å². The summed E-state index contributed by atoms with van der Waals surface area (Å²) in [7, 11) is 3.31. The molecule has 1 aliphatic heterocycles. The number of carbonyl (C=O) groups is 2. The molecule has 6 heteroatoms. The molecule has 2 aromatic carbocycles. The highest BCUT2D eigenvalue weighted by molar-refractivity contribution is 6.06. The quantitative estimate of drug-likeness (QED) is 0.839. The van der Waals surface area contributed by atoms with E-state index < -0.39 is 0 Å². The van der Waals surface area contributed by atoms with Crippen LogP contribution in [-0.2, 0) is 4.74 Å². The van der Waals surface area contributed by atoms with Crippen LogP contribution in [0.15, 0.2) is 48.5 Å². The molecule has 0 saturated carbocycles. The molecule has 26 heavy (non-hydrogen) atoms. The second-order valence-electron chi connectivity index (χ2n) is 6.55. The van der Waals surface area contributed by atoms with Crippen LogP contribution in [0.1, 0.15) is 34.9 Å². The van der Waals surface area contributed by atoms with Gasteiger partial charge in [-0.3, -0.25) is 4.79 Å². The average molecular weight is 353 g/mol. The number of anilines is 2. The van der Waals surface area contributed by atoms with Gasteiger partial charge in [0.25, 0.3) is 5.91 Å². The maximum Gasteiger partial charge on any atom is 0.409 e. The molecule has 1 heterocycles. The third-order valence-corrected chi connectivity index (χ3v) is 4.43. The van der Waals surface area contributed by atoms with Crippen LogP contribution in [0.5, 0.6) is 0 Å². The Hall–Kier alpha value is -3.02. The summed E-state index contributed by atoms with van der Waals surface area (Å²) in [5.41, 5.74) is 8.55. The number of hydrogen-bond donors (Lipinski definition) is 1. The summed E-state index contributed by atoms with van der Waals surface area (Å²) >= 11 is 0. The molecule has 0 aromatic heterocycles. The number of hydrogen-bond acceptors (Lipinski definition) is 4. The lowest BCUT2D eigenvalue weighted by atomic mass is 10.0. The number of para-hydroxylation sites is 1. The molecule has 2 aromatic rings. The number of ether oxygens (including phenoxy) is 1. The van der Waals surface area contributed by atoms with E-state index >= 15 is 0 Å². The summed E-state index contributed by atoms with van der Waals surface area (Å²) in [6, 6.07) is 14.5. The van der Waals surface area contributed by atoms with E-state index in [1.54, 1.807) is 43.3 Å². The van der Waals surface area contributed by atoms with Crippen LogP contribution in [-0.4, -0.2) is 37.5 Å². The van der Waals surface area contributed by atoms with Gasteiger partial charge in [0.15, 0.2) is 0 Å². The number of carbonyl (C=O) groups excluding carboxylic acids is 2. The Morgan fingerprint density at radius 3 is 2.50 bits per heavy atom. The van der Waals surface area contributed by atoms with Gasteiger partial charge in [-0.25, -0.2) is 4.79 Å². The zero-order valence-corrected chi connectivity index (χ0v) is 15.0. The van der Waals surface area contributed by atoms with Crippen molar-refractivity contribution >= 4 is 23.4 Å². The summed E-state index contributed by atoms with van der Waals surface area (Å²) in [5, 5.41) is 0. The fourth-order valence-electron chi connectivity index (χ4n) is 3.06. The Morgan fingerprint density at radius 1 is 1.12 bits per heavy atom. The van der Waals surface area contributed by atoms with E-state index in [-0.39, 0.29) is 18.1 Å². The lowest BCUT2D eigenvalue weighted by Gasteiger charge is -2.24. The van der Waals surface area contributed by atoms with E-state index in [1.165, 1.54) is 4.90 Å². The number of benzene rings is 2. The SMILES string of the molecule is CN(C)C(=O)OC1CCCN(C(=O)c2ccc(N)cc2)c2ccccc21. The second-order valence-corrected chi connectivity index (χ2v) is 6.55. The standard InChI is InChI=1S/C20H23N3O3/c1-22(2)20(25)26-18-8-5-13-23(17-7-4-3-6-16(17)18)19(24)14-9-11-15(21)12-10-14/h3-4,6-7,9-12,18H,5,8,13,21H2,1-2H3. The molecule has 1 atom stereocenters. The van der Waals surface area contributed by atoms with Gasteiger partial charge in [0.1, 0.15) is 6.10 Å². The molecule has 0 radical (unpaired) electrons. The lowest BCUT2D eigenvalue weighted by Crippen LogP contribution is -2.31. The Morgan fingerprint density at radius 2 is 1.81 bits per heavy atom. The normalized spacial score (nSPS) is 16.4. The van der Waals surface area contributed by atoms with E-state index in [0.29, 0.717) is 24.2 Å². The van der Waals surface area contributed by atoms with Crippen LogP contribution < -0.4 is 10.6 Å². The topological polar surface area (TPSA) is 75.9 Å². The van der Waals surface area contributed by atoms with Crippen molar-refractivity contribution in [1.29, 1.82) is 0 Å². The Balaban J connectivity index is 1.93. The zero-order valence-electron chi connectivity index (χ0n) is 15.0. The van der Waals surface area contributed by atoms with Crippen molar-refractivity contribution in [2.24, 2.45) is 0 Å². The molecule has 0 aliphatic carbocycles. The van der Waals surface area contributed by atoms with Gasteiger partial charge in [0.2, 0.25) is 0 Å². The van der Waals surface area contributed by atoms with Crippen LogP contribution in [0, 0.1) is 0 Å². The van der Waals surface area contributed by atoms with Crippen LogP contribution >= 0.6 is 0 Å². The highest BCUT2D eigenvalue weighted by Gasteiger charge is 2.29. The fraction of sp³-hybridized carbons (Fsp3) is 0.300. The van der Waals surface area contributed by atoms with Gasteiger partial charge in [0, 0.05) is 37.5 Å². The minimum Gasteiger partial charge on any atom is -0.441 e. The minimum atomic E-state index is -0.386. The number of nitrogens with two attached hydrogens (primary N) is 1. The lowest BCUT2D eigenvalue weighted by molar-refractivity contribution is 0.0704. The summed E-state index contributed by atoms with van der Waals surface area (Å²) < 4.78 is 5.64. The minimum absolute atomic E-state index is 0.0861. The molecule has 1 aliphatic rings. The van der Waals surface area contributed by atoms with Crippen LogP contribution in [0.25, 0.3) is 0 Å². The third-order valence-electron chi connectivity index (χ3n) is 4.43. The van der Waals surface area contributed by atoms with Crippen molar-refractivity contribution < 1.29 is 14.3 Å². The second kappa shape index (κ2) is 7.47. The van der Waals surface area contributed by atoms with Crippen molar-refractivity contribution in [3.63, 3.8) is 0 Å². The molecule has 136 valence electrons. The molecule has 0 fully saturated rings. The average Bonchev–Trinajstić information content (AvgIpc) is 2.81. The third kappa shape index (κ3) is 3.64. The Bertz CT molecular complexity index is 802. The number of amides is 2. The zero-order chi connectivity index (χ0) is 18.7. The molecular formula is C20H23N3O3. The highest BCUT2D eigenvalue weighted by atomic mass is 16.6. The molecule has 2 amide bonds. The van der Waals surface area contributed by atoms with E-state index in [2.05, 4.69) is 0 Å². The monoisotopic (exact) mass is 353 g/mol. The molecule has 1 unspecified atom stereocenters. The van der Waals surface area contributed by atoms with E-state index in [1.807, 2.05) is 24.3 Å². The summed E-state index contributed by atoms with van der Waals surface area (Å²) in [6.07, 6.45) is 0.650. The molecule has 0 spiro atoms. The number of nitrogens with zero attached hydrogens (tertiary/aromatic N) is 2. The Kier molecular flexibility index (Phi) is 5.11. The van der Waals surface area contributed by atoms with Gasteiger partial charge in [-0.15, -0.1) is 0 Å². The first-order valence-corrected chi connectivity index (χ1v) is 8.61. The molecule has 0 saturated heterocycles. The van der Waals surface area contributed by atoms with Gasteiger partial charge in [-0.05, 0) is 43.2 Å². The van der Waals surface area contributed by atoms with Gasteiger partial charge in [0.05, 0.1) is 5.69 Å². The predicted molar refractivity (Wildman–Crippen MR) is 101 cm³/mol. The summed E-state index contributed by atoms with van der Waals surface area (Å²) in [5.74, 6) is -0.0861. The molecule has 2 N–H and O–H groups in total. The van der Waals surface area contributed by atoms with E-state index in [0.717, 1.165) is 17.7 Å². The smallest absolute Gasteiger partial charge is 0.409 e. The first kappa shape index (κ1) is 17.8. The van der Waals surface area contributed by atoms with E-state index in [4.69, 9.17) is 10.5 Å². The van der Waals surface area contributed by atoms with Crippen LogP contribution in [0.3, 0.4) is 0 Å². The van der Waals surface area contributed by atoms with Crippen molar-refractivity contribution in [3.05, 3.63) is 59.7 Å². The van der Waals surface area contributed by atoms with Crippen LogP contribution in [0.4, 0.5) is 16.2 Å². The van der Waals surface area contributed by atoms with Gasteiger partial charge in [-0.1, -0.05) is 18.2 Å². The Labute approximate surface area is 153 Å². The van der Waals surface area contributed by atoms with E-state index in [9.17, 15) is 9.59 Å². The van der Waals surface area contributed by atoms with Crippen molar-refractivity contribution in [1.82, 2.24) is 4.90 Å². The molecular weight excluding hydrogens is 330 g/mol. The largest absolute Gasteiger partial charge is 0.441 e. The number of rotatable bonds is 2. The number of nitrogen functional groups attached to an aromatic ring is 1. The van der Waals surface area contributed by atoms with Gasteiger partial charge < -0.3 is 20.3 Å². The van der Waals surface area contributed by atoms with Crippen molar-refractivity contribution in [2.45, 2.75) is 18.9 Å². The molecule has 0 bridgehead atoms. The maximum atomic E-state index is 13.0. The maximum absolute atomic E-state index is 13.0. The summed E-state index contributed by atoms with van der Waals surface area (Å²) in [4.78, 5) is 28.2. The van der Waals surface area contributed by atoms with Crippen molar-refractivity contribution in [2.75, 3.05) is 31.3 Å². The predicted octanol–water partition coefficient (Wildman–Crippen LogP) is 3.45. The fourth-order valence-corrected chi connectivity index (χ4v) is 3.06. The number of fused-ring (bicyclic) bond motifs is 1. The van der Waals surface area contributed by atoms with Crippen molar-refractivity contribution in [3.8, 4) is 0 Å².